The van der Waals surface area contributed by atoms with E-state index in [-0.39, 0.29) is 30.4 Å². The SMILES string of the molecule is CCCCNC(=O)CCC(=O)c1ccc2c(c1)N(C)C(=O)C(C)O2. The summed E-state index contributed by atoms with van der Waals surface area (Å²) in [6.07, 6.45) is 1.73. The monoisotopic (exact) mass is 332 g/mol. The highest BCUT2D eigenvalue weighted by molar-refractivity contribution is 6.03. The molecular weight excluding hydrogens is 308 g/mol. The van der Waals surface area contributed by atoms with E-state index in [2.05, 4.69) is 12.2 Å². The van der Waals surface area contributed by atoms with Gasteiger partial charge in [0.2, 0.25) is 5.91 Å². The number of ketones is 1. The number of carbonyl (C=O) groups excluding carboxylic acids is 3. The number of amides is 2. The third kappa shape index (κ3) is 4.13. The first-order valence-corrected chi connectivity index (χ1v) is 8.32. The molecule has 1 aliphatic rings. The maximum atomic E-state index is 12.3. The zero-order valence-corrected chi connectivity index (χ0v) is 14.4. The van der Waals surface area contributed by atoms with Crippen LogP contribution in [0.5, 0.6) is 5.75 Å². The molecule has 1 aromatic carbocycles. The predicted molar refractivity (Wildman–Crippen MR) is 91.4 cm³/mol. The average Bonchev–Trinajstić information content (AvgIpc) is 2.57. The van der Waals surface area contributed by atoms with Crippen molar-refractivity contribution in [1.82, 2.24) is 5.32 Å². The summed E-state index contributed by atoms with van der Waals surface area (Å²) in [4.78, 5) is 37.4. The summed E-state index contributed by atoms with van der Waals surface area (Å²) in [7, 11) is 1.66. The van der Waals surface area contributed by atoms with Crippen LogP contribution in [0.4, 0.5) is 5.69 Å². The number of ether oxygens (including phenoxy) is 1. The Kier molecular flexibility index (Phi) is 5.95. The zero-order valence-electron chi connectivity index (χ0n) is 14.4. The molecule has 0 bridgehead atoms. The maximum absolute atomic E-state index is 12.3. The first kappa shape index (κ1) is 18.0. The normalized spacial score (nSPS) is 16.4. The summed E-state index contributed by atoms with van der Waals surface area (Å²) in [5.41, 5.74) is 1.06. The molecule has 1 N–H and O–H groups in total. The molecule has 1 aliphatic heterocycles. The van der Waals surface area contributed by atoms with Gasteiger partial charge in [0.1, 0.15) is 5.75 Å². The number of Topliss-reactive ketones (excluding diaryl/α,β-unsaturated/α-hetero) is 1. The number of likely N-dealkylation sites (N-methyl/N-ethyl adjacent to an activating group) is 1. The van der Waals surface area contributed by atoms with Gasteiger partial charge in [-0.15, -0.1) is 0 Å². The number of anilines is 1. The fraction of sp³-hybridized carbons (Fsp3) is 0.500. The Bertz CT molecular complexity index is 642. The van der Waals surface area contributed by atoms with Crippen molar-refractivity contribution in [2.75, 3.05) is 18.5 Å². The molecule has 2 rings (SSSR count). The molecule has 0 radical (unpaired) electrons. The molecule has 0 saturated heterocycles. The third-order valence-corrected chi connectivity index (χ3v) is 4.06. The van der Waals surface area contributed by atoms with E-state index in [0.717, 1.165) is 12.8 Å². The minimum atomic E-state index is -0.532. The summed E-state index contributed by atoms with van der Waals surface area (Å²) in [5, 5.41) is 2.79. The number of carbonyl (C=O) groups is 3. The lowest BCUT2D eigenvalue weighted by Crippen LogP contribution is -2.42. The summed E-state index contributed by atoms with van der Waals surface area (Å²) >= 11 is 0. The van der Waals surface area contributed by atoms with Gasteiger partial charge in [-0.3, -0.25) is 14.4 Å². The Hall–Kier alpha value is -2.37. The van der Waals surface area contributed by atoms with Crippen molar-refractivity contribution in [1.29, 1.82) is 0 Å². The molecule has 6 heteroatoms. The fourth-order valence-corrected chi connectivity index (χ4v) is 2.55. The average molecular weight is 332 g/mol. The molecule has 2 amide bonds. The van der Waals surface area contributed by atoms with Crippen LogP contribution in [-0.2, 0) is 9.59 Å². The van der Waals surface area contributed by atoms with E-state index >= 15 is 0 Å². The van der Waals surface area contributed by atoms with Gasteiger partial charge in [-0.2, -0.15) is 0 Å². The number of nitrogens with one attached hydrogen (secondary N) is 1. The second-order valence-electron chi connectivity index (χ2n) is 5.97. The van der Waals surface area contributed by atoms with Crippen molar-refractivity contribution in [3.8, 4) is 5.75 Å². The maximum Gasteiger partial charge on any atom is 0.267 e. The number of nitrogens with zero attached hydrogens (tertiary/aromatic N) is 1. The second kappa shape index (κ2) is 7.95. The lowest BCUT2D eigenvalue weighted by molar-refractivity contribution is -0.125. The Morgan fingerprint density at radius 1 is 1.29 bits per heavy atom. The van der Waals surface area contributed by atoms with Crippen molar-refractivity contribution >= 4 is 23.3 Å². The molecule has 0 aliphatic carbocycles. The van der Waals surface area contributed by atoms with Crippen LogP contribution in [0.3, 0.4) is 0 Å². The van der Waals surface area contributed by atoms with Crippen molar-refractivity contribution in [3.63, 3.8) is 0 Å². The molecule has 0 spiro atoms. The van der Waals surface area contributed by atoms with Crippen LogP contribution in [0.2, 0.25) is 0 Å². The third-order valence-electron chi connectivity index (χ3n) is 4.06. The highest BCUT2D eigenvalue weighted by Gasteiger charge is 2.29. The van der Waals surface area contributed by atoms with Crippen LogP contribution in [0.15, 0.2) is 18.2 Å². The minimum absolute atomic E-state index is 0.112. The summed E-state index contributed by atoms with van der Waals surface area (Å²) < 4.78 is 5.54. The van der Waals surface area contributed by atoms with Gasteiger partial charge in [0.15, 0.2) is 11.9 Å². The molecule has 130 valence electrons. The molecule has 0 saturated carbocycles. The van der Waals surface area contributed by atoms with Crippen molar-refractivity contribution in [2.24, 2.45) is 0 Å². The van der Waals surface area contributed by atoms with E-state index in [1.54, 1.807) is 32.2 Å². The Balaban J connectivity index is 1.99. The van der Waals surface area contributed by atoms with Crippen molar-refractivity contribution in [3.05, 3.63) is 23.8 Å². The lowest BCUT2D eigenvalue weighted by atomic mass is 10.0. The summed E-state index contributed by atoms with van der Waals surface area (Å²) in [5.74, 6) is 0.197. The van der Waals surface area contributed by atoms with E-state index in [9.17, 15) is 14.4 Å². The van der Waals surface area contributed by atoms with Gasteiger partial charge in [-0.05, 0) is 31.5 Å². The van der Waals surface area contributed by atoms with Crippen LogP contribution >= 0.6 is 0 Å². The number of benzene rings is 1. The molecule has 1 atom stereocenters. The van der Waals surface area contributed by atoms with Gasteiger partial charge < -0.3 is 15.0 Å². The smallest absolute Gasteiger partial charge is 0.267 e. The van der Waals surface area contributed by atoms with E-state index in [1.165, 1.54) is 4.90 Å². The van der Waals surface area contributed by atoms with Crippen LogP contribution < -0.4 is 15.0 Å². The Morgan fingerprint density at radius 3 is 2.75 bits per heavy atom. The number of unbranched alkanes of at least 4 members (excludes halogenated alkanes) is 1. The minimum Gasteiger partial charge on any atom is -0.479 e. The number of hydrogen-bond donors (Lipinski definition) is 1. The quantitative estimate of drug-likeness (QED) is 0.614. The van der Waals surface area contributed by atoms with Crippen LogP contribution in [-0.4, -0.2) is 37.3 Å². The summed E-state index contributed by atoms with van der Waals surface area (Å²) in [6.45, 7) is 4.39. The van der Waals surface area contributed by atoms with Crippen LogP contribution in [0.25, 0.3) is 0 Å². The Morgan fingerprint density at radius 2 is 2.04 bits per heavy atom. The molecule has 0 fully saturated rings. The second-order valence-corrected chi connectivity index (χ2v) is 5.97. The molecule has 0 aromatic heterocycles. The first-order valence-electron chi connectivity index (χ1n) is 8.32. The topological polar surface area (TPSA) is 75.7 Å². The van der Waals surface area contributed by atoms with Gasteiger partial charge >= 0.3 is 0 Å². The predicted octanol–water partition coefficient (Wildman–Crippen LogP) is 2.31. The highest BCUT2D eigenvalue weighted by Crippen LogP contribution is 2.34. The van der Waals surface area contributed by atoms with E-state index in [4.69, 9.17) is 4.74 Å². The van der Waals surface area contributed by atoms with Crippen molar-refractivity contribution in [2.45, 2.75) is 45.6 Å². The van der Waals surface area contributed by atoms with Gasteiger partial charge in [0.05, 0.1) is 5.69 Å². The Labute approximate surface area is 142 Å². The first-order chi connectivity index (χ1) is 11.4. The number of rotatable bonds is 7. The van der Waals surface area contributed by atoms with Gasteiger partial charge in [-0.1, -0.05) is 13.3 Å². The fourth-order valence-electron chi connectivity index (χ4n) is 2.55. The molecular formula is C18H24N2O4. The lowest BCUT2D eigenvalue weighted by Gasteiger charge is -2.30. The molecule has 1 aromatic rings. The largest absolute Gasteiger partial charge is 0.479 e. The standard InChI is InChI=1S/C18H24N2O4/c1-4-5-10-19-17(22)9-7-15(21)13-6-8-16-14(11-13)20(3)18(23)12(2)24-16/h6,8,11-12H,4-5,7,9-10H2,1-3H3,(H,19,22). The number of fused-ring (bicyclic) bond motifs is 1. The molecule has 6 nitrogen and oxygen atoms in total. The van der Waals surface area contributed by atoms with E-state index in [1.807, 2.05) is 0 Å². The zero-order chi connectivity index (χ0) is 17.7. The van der Waals surface area contributed by atoms with Gasteiger partial charge in [0.25, 0.3) is 5.91 Å². The van der Waals surface area contributed by atoms with Crippen LogP contribution in [0, 0.1) is 0 Å². The highest BCUT2D eigenvalue weighted by atomic mass is 16.5. The van der Waals surface area contributed by atoms with Gasteiger partial charge in [-0.25, -0.2) is 0 Å². The number of hydrogen-bond acceptors (Lipinski definition) is 4. The van der Waals surface area contributed by atoms with E-state index < -0.39 is 6.10 Å². The molecule has 1 unspecified atom stereocenters. The summed E-state index contributed by atoms with van der Waals surface area (Å²) in [6, 6.07) is 5.02. The molecule has 24 heavy (non-hydrogen) atoms. The molecule has 1 heterocycles. The van der Waals surface area contributed by atoms with Crippen LogP contribution in [0.1, 0.15) is 49.9 Å². The van der Waals surface area contributed by atoms with Crippen molar-refractivity contribution < 1.29 is 19.1 Å². The van der Waals surface area contributed by atoms with E-state index in [0.29, 0.717) is 23.5 Å². The van der Waals surface area contributed by atoms with Gasteiger partial charge in [0, 0.05) is 32.0 Å².